The molecule has 6 nitrogen and oxygen atoms in total. The van der Waals surface area contributed by atoms with Gasteiger partial charge >= 0.3 is 6.18 Å². The second-order valence-corrected chi connectivity index (χ2v) is 6.95. The van der Waals surface area contributed by atoms with E-state index in [9.17, 15) is 22.4 Å². The molecule has 1 saturated heterocycles. The molecular weight excluding hydrogens is 416 g/mol. The van der Waals surface area contributed by atoms with Gasteiger partial charge in [0, 0.05) is 31.7 Å². The molecule has 10 heteroatoms. The minimum absolute atomic E-state index is 0.00743. The molecule has 0 spiro atoms. The topological polar surface area (TPSA) is 70.4 Å². The Morgan fingerprint density at radius 3 is 2.23 bits per heavy atom. The second-order valence-electron chi connectivity index (χ2n) is 6.95. The monoisotopic (exact) mass is 446 g/mol. The first-order valence-corrected chi connectivity index (χ1v) is 10.1. The highest BCUT2D eigenvalue weighted by Crippen LogP contribution is 2.30. The number of carbonyl (C=O) groups is 1. The van der Waals surface area contributed by atoms with E-state index in [-0.39, 0.29) is 17.8 Å². The third kappa shape index (κ3) is 8.66. The second kappa shape index (κ2) is 12.4. The van der Waals surface area contributed by atoms with Gasteiger partial charge in [0.2, 0.25) is 12.3 Å². The van der Waals surface area contributed by atoms with E-state index in [1.165, 1.54) is 17.4 Å². The Labute approximate surface area is 180 Å². The van der Waals surface area contributed by atoms with Gasteiger partial charge in [-0.3, -0.25) is 9.69 Å². The van der Waals surface area contributed by atoms with Gasteiger partial charge in [-0.25, -0.2) is 9.37 Å². The molecule has 2 aromatic rings. The molecule has 0 atom stereocenters. The average Bonchev–Trinajstić information content (AvgIpc) is 3.26. The third-order valence-corrected chi connectivity index (χ3v) is 4.45. The molecule has 1 amide bonds. The maximum atomic E-state index is 13.0. The van der Waals surface area contributed by atoms with E-state index in [2.05, 4.69) is 29.0 Å². The van der Waals surface area contributed by atoms with E-state index in [0.717, 1.165) is 31.7 Å². The van der Waals surface area contributed by atoms with Crippen LogP contribution in [-0.4, -0.2) is 55.2 Å². The zero-order chi connectivity index (χ0) is 23.5. The van der Waals surface area contributed by atoms with Crippen molar-refractivity contribution in [1.29, 1.82) is 0 Å². The van der Waals surface area contributed by atoms with E-state index in [0.29, 0.717) is 11.7 Å². The highest BCUT2D eigenvalue weighted by Gasteiger charge is 2.34. The lowest BCUT2D eigenvalue weighted by Crippen LogP contribution is -2.51. The van der Waals surface area contributed by atoms with Crippen LogP contribution < -0.4 is 10.6 Å². The van der Waals surface area contributed by atoms with Crippen LogP contribution >= 0.6 is 0 Å². The van der Waals surface area contributed by atoms with E-state index in [1.807, 2.05) is 13.8 Å². The van der Waals surface area contributed by atoms with Crippen molar-refractivity contribution in [2.75, 3.05) is 32.7 Å². The molecule has 3 rings (SSSR count). The first-order chi connectivity index (χ1) is 14.6. The zero-order valence-electron chi connectivity index (χ0n) is 18.2. The summed E-state index contributed by atoms with van der Waals surface area (Å²) >= 11 is 0. The number of nitrogens with one attached hydrogen (secondary N) is 2. The summed E-state index contributed by atoms with van der Waals surface area (Å²) in [5.74, 6) is 1.12. The molecule has 1 aliphatic heterocycles. The molecule has 31 heavy (non-hydrogen) atoms. The fourth-order valence-electron chi connectivity index (χ4n) is 2.82. The lowest BCUT2D eigenvalue weighted by molar-refractivity contribution is -0.132. The Morgan fingerprint density at radius 2 is 1.74 bits per heavy atom. The van der Waals surface area contributed by atoms with E-state index >= 15 is 0 Å². The molecule has 2 N–H and O–H groups in total. The van der Waals surface area contributed by atoms with Gasteiger partial charge in [0.25, 0.3) is 0 Å². The Hall–Kier alpha value is -2.46. The van der Waals surface area contributed by atoms with E-state index < -0.39 is 12.7 Å². The van der Waals surface area contributed by atoms with Crippen molar-refractivity contribution in [2.45, 2.75) is 39.4 Å². The minimum Gasteiger partial charge on any atom is -0.439 e. The van der Waals surface area contributed by atoms with E-state index in [1.54, 1.807) is 18.3 Å². The number of nitrogens with zero attached hydrogens (tertiary/aromatic N) is 2. The Morgan fingerprint density at radius 1 is 1.16 bits per heavy atom. The van der Waals surface area contributed by atoms with Gasteiger partial charge in [-0.05, 0) is 38.1 Å². The number of rotatable bonds is 5. The van der Waals surface area contributed by atoms with Crippen LogP contribution in [0, 0.1) is 5.82 Å². The van der Waals surface area contributed by atoms with Crippen molar-refractivity contribution in [3.8, 4) is 11.3 Å². The smallest absolute Gasteiger partial charge is 0.405 e. The van der Waals surface area contributed by atoms with Crippen LogP contribution in [0.4, 0.5) is 17.6 Å². The maximum Gasteiger partial charge on any atom is 0.405 e. The number of alkyl halides is 3. The standard InChI is InChI=1S/C16H20FN3O.C3H4F3NO.C2H6/c1-16(2,20-9-7-18-8-10-20)15-19-11-14(21-15)12-3-5-13(17)6-4-12;4-3(5,6)1-7-2-8;1-2/h3-6,11,18H,7-10H2,1-2H3;2H,1H2,(H,7,8);1-2H3. The first kappa shape index (κ1) is 26.6. The van der Waals surface area contributed by atoms with Gasteiger partial charge in [0.15, 0.2) is 5.76 Å². The predicted octanol–water partition coefficient (Wildman–Crippen LogP) is 3.94. The SMILES string of the molecule is CC.CC(C)(c1ncc(-c2ccc(F)cc2)o1)N1CCNCC1.O=CNCC(F)(F)F. The minimum atomic E-state index is -4.29. The van der Waals surface area contributed by atoms with Crippen LogP contribution in [-0.2, 0) is 10.3 Å². The predicted molar refractivity (Wildman–Crippen MR) is 111 cm³/mol. The summed E-state index contributed by atoms with van der Waals surface area (Å²) in [5, 5.41) is 4.83. The molecular formula is C21H30F4N4O2. The molecule has 2 heterocycles. The van der Waals surface area contributed by atoms with Gasteiger partial charge in [-0.2, -0.15) is 13.2 Å². The fourth-order valence-corrected chi connectivity index (χ4v) is 2.82. The van der Waals surface area contributed by atoms with Crippen LogP contribution in [0.2, 0.25) is 0 Å². The number of benzene rings is 1. The normalized spacial score (nSPS) is 14.6. The summed E-state index contributed by atoms with van der Waals surface area (Å²) in [7, 11) is 0. The highest BCUT2D eigenvalue weighted by molar-refractivity contribution is 5.56. The van der Waals surface area contributed by atoms with Crippen molar-refractivity contribution in [3.05, 3.63) is 42.2 Å². The van der Waals surface area contributed by atoms with Gasteiger partial charge in [0.1, 0.15) is 12.4 Å². The molecule has 1 fully saturated rings. The van der Waals surface area contributed by atoms with Crippen LogP contribution in [0.1, 0.15) is 33.6 Å². The summed E-state index contributed by atoms with van der Waals surface area (Å²) in [5.41, 5.74) is 0.590. The number of hydrogen-bond donors (Lipinski definition) is 2. The number of piperazine rings is 1. The van der Waals surface area contributed by atoms with E-state index in [4.69, 9.17) is 4.42 Å². The summed E-state index contributed by atoms with van der Waals surface area (Å²) in [4.78, 5) is 16.0. The molecule has 0 unspecified atom stereocenters. The Balaban J connectivity index is 0.000000409. The van der Waals surface area contributed by atoms with Crippen LogP contribution in [0.3, 0.4) is 0 Å². The summed E-state index contributed by atoms with van der Waals surface area (Å²) in [6.07, 6.45) is -2.57. The largest absolute Gasteiger partial charge is 0.439 e. The first-order valence-electron chi connectivity index (χ1n) is 10.1. The van der Waals surface area contributed by atoms with Gasteiger partial charge in [-0.15, -0.1) is 0 Å². The number of oxazole rings is 1. The number of carbonyl (C=O) groups excluding carboxylic acids is 1. The van der Waals surface area contributed by atoms with Crippen molar-refractivity contribution < 1.29 is 26.8 Å². The number of aromatic nitrogens is 1. The molecule has 174 valence electrons. The van der Waals surface area contributed by atoms with Crippen molar-refractivity contribution in [2.24, 2.45) is 0 Å². The molecule has 1 aliphatic rings. The number of amides is 1. The molecule has 0 radical (unpaired) electrons. The number of halogens is 4. The Kier molecular flexibility index (Phi) is 10.6. The quantitative estimate of drug-likeness (QED) is 0.538. The zero-order valence-corrected chi connectivity index (χ0v) is 18.2. The lowest BCUT2D eigenvalue weighted by atomic mass is 10.0. The molecule has 1 aromatic carbocycles. The lowest BCUT2D eigenvalue weighted by Gasteiger charge is -2.38. The third-order valence-electron chi connectivity index (χ3n) is 4.45. The average molecular weight is 446 g/mol. The Bertz CT molecular complexity index is 770. The van der Waals surface area contributed by atoms with Gasteiger partial charge in [0.05, 0.1) is 11.7 Å². The maximum absolute atomic E-state index is 13.0. The van der Waals surface area contributed by atoms with Crippen LogP contribution in [0.25, 0.3) is 11.3 Å². The van der Waals surface area contributed by atoms with Crippen molar-refractivity contribution >= 4 is 6.41 Å². The van der Waals surface area contributed by atoms with Crippen molar-refractivity contribution in [3.63, 3.8) is 0 Å². The molecule has 0 bridgehead atoms. The van der Waals surface area contributed by atoms with Crippen LogP contribution in [0.5, 0.6) is 0 Å². The summed E-state index contributed by atoms with van der Waals surface area (Å²) in [6.45, 7) is 10.9. The summed E-state index contributed by atoms with van der Waals surface area (Å²) < 4.78 is 52.0. The summed E-state index contributed by atoms with van der Waals surface area (Å²) in [6, 6.07) is 6.27. The molecule has 0 aliphatic carbocycles. The molecule has 1 aromatic heterocycles. The molecule has 0 saturated carbocycles. The fraction of sp³-hybridized carbons (Fsp3) is 0.524. The highest BCUT2D eigenvalue weighted by atomic mass is 19.4. The number of hydrogen-bond acceptors (Lipinski definition) is 5. The van der Waals surface area contributed by atoms with Crippen molar-refractivity contribution in [1.82, 2.24) is 20.5 Å². The van der Waals surface area contributed by atoms with Gasteiger partial charge in [-0.1, -0.05) is 13.8 Å². The van der Waals surface area contributed by atoms with Gasteiger partial charge < -0.3 is 15.1 Å². The van der Waals surface area contributed by atoms with Crippen LogP contribution in [0.15, 0.2) is 34.9 Å².